The highest BCUT2D eigenvalue weighted by Crippen LogP contribution is 2.34. The first-order valence-corrected chi connectivity index (χ1v) is 12.5. The number of thiophene rings is 1. The molecule has 2 aromatic carbocycles. The average Bonchev–Trinajstić information content (AvgIpc) is 3.49. The quantitative estimate of drug-likeness (QED) is 0.309. The number of thioether (sulfide) groups is 1. The van der Waals surface area contributed by atoms with Gasteiger partial charge < -0.3 is 10.1 Å². The summed E-state index contributed by atoms with van der Waals surface area (Å²) in [6.07, 6.45) is 0.819. The van der Waals surface area contributed by atoms with Gasteiger partial charge in [0, 0.05) is 22.1 Å². The van der Waals surface area contributed by atoms with Crippen molar-refractivity contribution >= 4 is 40.6 Å². The highest BCUT2D eigenvalue weighted by Gasteiger charge is 2.23. The Bertz CT molecular complexity index is 1210. The molecule has 170 valence electrons. The first kappa shape index (κ1) is 23.4. The normalized spacial score (nSPS) is 11.8. The van der Waals surface area contributed by atoms with E-state index in [1.54, 1.807) is 18.4 Å². The summed E-state index contributed by atoms with van der Waals surface area (Å²) in [5.74, 6) is 1.28. The van der Waals surface area contributed by atoms with Crippen LogP contribution < -0.4 is 10.1 Å². The minimum absolute atomic E-state index is 0.0407. The van der Waals surface area contributed by atoms with Crippen LogP contribution in [0, 0.1) is 0 Å². The maximum absolute atomic E-state index is 12.7. The average molecular weight is 499 g/mol. The van der Waals surface area contributed by atoms with Crippen LogP contribution in [0.3, 0.4) is 0 Å². The van der Waals surface area contributed by atoms with E-state index in [1.165, 1.54) is 16.6 Å². The number of methoxy groups -OCH3 is 1. The van der Waals surface area contributed by atoms with Gasteiger partial charge in [0.1, 0.15) is 5.75 Å². The van der Waals surface area contributed by atoms with Gasteiger partial charge in [-0.1, -0.05) is 41.6 Å². The number of amides is 1. The van der Waals surface area contributed by atoms with Crippen molar-refractivity contribution in [1.82, 2.24) is 20.1 Å². The second kappa shape index (κ2) is 10.9. The van der Waals surface area contributed by atoms with E-state index in [0.717, 1.165) is 17.7 Å². The zero-order valence-electron chi connectivity index (χ0n) is 18.2. The number of nitrogens with one attached hydrogen (secondary N) is 1. The van der Waals surface area contributed by atoms with Crippen molar-refractivity contribution in [1.29, 1.82) is 0 Å². The lowest BCUT2D eigenvalue weighted by molar-refractivity contribution is -0.120. The van der Waals surface area contributed by atoms with Gasteiger partial charge in [0.15, 0.2) is 11.0 Å². The highest BCUT2D eigenvalue weighted by atomic mass is 35.5. The van der Waals surface area contributed by atoms with Crippen molar-refractivity contribution in [2.45, 2.75) is 23.8 Å². The molecule has 0 saturated carbocycles. The number of nitrogens with zero attached hydrogens (tertiary/aromatic N) is 3. The highest BCUT2D eigenvalue weighted by molar-refractivity contribution is 8.00. The van der Waals surface area contributed by atoms with Crippen LogP contribution in [0.5, 0.6) is 5.75 Å². The molecular weight excluding hydrogens is 476 g/mol. The van der Waals surface area contributed by atoms with E-state index in [4.69, 9.17) is 16.3 Å². The largest absolute Gasteiger partial charge is 0.496 e. The summed E-state index contributed by atoms with van der Waals surface area (Å²) in [6.45, 7) is 2.47. The van der Waals surface area contributed by atoms with E-state index in [9.17, 15) is 4.79 Å². The molecule has 1 amide bonds. The van der Waals surface area contributed by atoms with Crippen molar-refractivity contribution in [2.75, 3.05) is 13.7 Å². The molecule has 0 fully saturated rings. The van der Waals surface area contributed by atoms with Crippen LogP contribution in [-0.2, 0) is 11.2 Å². The van der Waals surface area contributed by atoms with Crippen LogP contribution in [0.15, 0.2) is 71.2 Å². The molecule has 2 aromatic heterocycles. The molecule has 9 heteroatoms. The Hall–Kier alpha value is -2.81. The molecule has 6 nitrogen and oxygen atoms in total. The number of halogens is 1. The summed E-state index contributed by atoms with van der Waals surface area (Å²) < 4.78 is 7.47. The van der Waals surface area contributed by atoms with Crippen LogP contribution in [0.4, 0.5) is 0 Å². The standard InChI is InChI=1S/C24H23ClN4O2S2/c1-16(23(30)26-14-13-19-6-5-15-32-19)33-24-28-27-22(20-7-3-4-8-21(20)31-2)29(24)18-11-9-17(25)10-12-18/h3-12,15-16H,13-14H2,1-2H3,(H,26,30)/t16-/m0/s1. The smallest absolute Gasteiger partial charge is 0.233 e. The third-order valence-electron chi connectivity index (χ3n) is 4.97. The number of carbonyl (C=O) groups is 1. The third kappa shape index (κ3) is 5.58. The summed E-state index contributed by atoms with van der Waals surface area (Å²) in [5, 5.41) is 14.8. The number of para-hydroxylation sites is 1. The fourth-order valence-electron chi connectivity index (χ4n) is 3.29. The van der Waals surface area contributed by atoms with E-state index in [-0.39, 0.29) is 11.2 Å². The second-order valence-electron chi connectivity index (χ2n) is 7.20. The molecule has 0 bridgehead atoms. The van der Waals surface area contributed by atoms with Gasteiger partial charge in [-0.2, -0.15) is 0 Å². The number of rotatable bonds is 9. The van der Waals surface area contributed by atoms with Crippen molar-refractivity contribution in [3.05, 3.63) is 75.9 Å². The first-order chi connectivity index (χ1) is 16.1. The lowest BCUT2D eigenvalue weighted by Crippen LogP contribution is -2.32. The number of aromatic nitrogens is 3. The molecule has 0 spiro atoms. The van der Waals surface area contributed by atoms with Gasteiger partial charge in [-0.3, -0.25) is 9.36 Å². The van der Waals surface area contributed by atoms with Crippen LogP contribution in [0.2, 0.25) is 5.02 Å². The molecule has 0 aliphatic heterocycles. The molecule has 0 aliphatic carbocycles. The fraction of sp³-hybridized carbons (Fsp3) is 0.208. The number of hydrogen-bond acceptors (Lipinski definition) is 6. The molecule has 2 heterocycles. The van der Waals surface area contributed by atoms with Gasteiger partial charge in [-0.15, -0.1) is 21.5 Å². The predicted molar refractivity (Wildman–Crippen MR) is 135 cm³/mol. The first-order valence-electron chi connectivity index (χ1n) is 10.4. The van der Waals surface area contributed by atoms with E-state index in [0.29, 0.717) is 28.3 Å². The minimum atomic E-state index is -0.353. The summed E-state index contributed by atoms with van der Waals surface area (Å²) >= 11 is 9.16. The van der Waals surface area contributed by atoms with Gasteiger partial charge in [-0.25, -0.2) is 0 Å². The number of ether oxygens (including phenoxy) is 1. The van der Waals surface area contributed by atoms with Gasteiger partial charge >= 0.3 is 0 Å². The Morgan fingerprint density at radius 3 is 2.67 bits per heavy atom. The minimum Gasteiger partial charge on any atom is -0.496 e. The molecule has 4 aromatic rings. The fourth-order valence-corrected chi connectivity index (χ4v) is 5.02. The van der Waals surface area contributed by atoms with Gasteiger partial charge in [0.2, 0.25) is 5.91 Å². The molecule has 1 N–H and O–H groups in total. The molecule has 0 unspecified atom stereocenters. The van der Waals surface area contributed by atoms with Gasteiger partial charge in [-0.05, 0) is 61.2 Å². The molecule has 1 atom stereocenters. The van der Waals surface area contributed by atoms with E-state index < -0.39 is 0 Å². The molecule has 0 aliphatic rings. The SMILES string of the molecule is COc1ccccc1-c1nnc(S[C@@H](C)C(=O)NCCc2cccs2)n1-c1ccc(Cl)cc1. The Balaban J connectivity index is 1.59. The van der Waals surface area contributed by atoms with Crippen molar-refractivity contribution in [3.63, 3.8) is 0 Å². The second-order valence-corrected chi connectivity index (χ2v) is 9.98. The van der Waals surface area contributed by atoms with Crippen molar-refractivity contribution in [2.24, 2.45) is 0 Å². The Morgan fingerprint density at radius 1 is 1.15 bits per heavy atom. The Morgan fingerprint density at radius 2 is 1.94 bits per heavy atom. The number of benzene rings is 2. The summed E-state index contributed by atoms with van der Waals surface area (Å²) in [4.78, 5) is 14.0. The molecule has 0 radical (unpaired) electrons. The maximum Gasteiger partial charge on any atom is 0.233 e. The van der Waals surface area contributed by atoms with Crippen molar-refractivity contribution < 1.29 is 9.53 Å². The third-order valence-corrected chi connectivity index (χ3v) is 7.20. The zero-order valence-corrected chi connectivity index (χ0v) is 20.6. The van der Waals surface area contributed by atoms with Crippen LogP contribution in [-0.4, -0.2) is 39.6 Å². The molecule has 0 saturated heterocycles. The van der Waals surface area contributed by atoms with Gasteiger partial charge in [0.05, 0.1) is 17.9 Å². The number of hydrogen-bond donors (Lipinski definition) is 1. The maximum atomic E-state index is 12.7. The molecule has 4 rings (SSSR count). The summed E-state index contributed by atoms with van der Waals surface area (Å²) in [6, 6.07) is 19.2. The van der Waals surface area contributed by atoms with Crippen molar-refractivity contribution in [3.8, 4) is 22.8 Å². The molecule has 33 heavy (non-hydrogen) atoms. The Kier molecular flexibility index (Phi) is 7.69. The summed E-state index contributed by atoms with van der Waals surface area (Å²) in [5.41, 5.74) is 1.65. The topological polar surface area (TPSA) is 69.0 Å². The summed E-state index contributed by atoms with van der Waals surface area (Å²) in [7, 11) is 1.63. The van der Waals surface area contributed by atoms with Gasteiger partial charge in [0.25, 0.3) is 0 Å². The molecular formula is C24H23ClN4O2S2. The van der Waals surface area contributed by atoms with E-state index in [1.807, 2.05) is 71.5 Å². The zero-order chi connectivity index (χ0) is 23.2. The predicted octanol–water partition coefficient (Wildman–Crippen LogP) is 5.50. The van der Waals surface area contributed by atoms with Crippen LogP contribution in [0.25, 0.3) is 17.1 Å². The monoisotopic (exact) mass is 498 g/mol. The van der Waals surface area contributed by atoms with E-state index in [2.05, 4.69) is 21.6 Å². The number of carbonyl (C=O) groups excluding carboxylic acids is 1. The van der Waals surface area contributed by atoms with E-state index >= 15 is 0 Å². The lowest BCUT2D eigenvalue weighted by atomic mass is 10.2. The lowest BCUT2D eigenvalue weighted by Gasteiger charge is -2.15. The van der Waals surface area contributed by atoms with Crippen LogP contribution >= 0.6 is 34.7 Å². The Labute approximate surface area is 206 Å². The van der Waals surface area contributed by atoms with Crippen LogP contribution in [0.1, 0.15) is 11.8 Å².